The third-order valence-corrected chi connectivity index (χ3v) is 3.15. The molecule has 1 atom stereocenters. The molecule has 1 aliphatic rings. The fourth-order valence-corrected chi connectivity index (χ4v) is 2.13. The first-order valence-electron chi connectivity index (χ1n) is 5.51. The molecular weight excluding hydrogens is 245 g/mol. The van der Waals surface area contributed by atoms with Crippen LogP contribution in [-0.4, -0.2) is 18.3 Å². The summed E-state index contributed by atoms with van der Waals surface area (Å²) >= 11 is 0. The Morgan fingerprint density at radius 3 is 2.65 bits per heavy atom. The molecule has 5 heteroatoms. The molecule has 2 rings (SSSR count). The molecule has 0 bridgehead atoms. The van der Waals surface area contributed by atoms with Crippen molar-refractivity contribution < 1.29 is 14.2 Å². The second-order valence-electron chi connectivity index (χ2n) is 4.15. The van der Waals surface area contributed by atoms with E-state index >= 15 is 0 Å². The van der Waals surface area contributed by atoms with Crippen LogP contribution in [0.1, 0.15) is 24.4 Å². The predicted molar refractivity (Wildman–Crippen MR) is 65.8 cm³/mol. The maximum Gasteiger partial charge on any atom is 0.165 e. The highest BCUT2D eigenvalue weighted by atomic mass is 35.5. The van der Waals surface area contributed by atoms with Gasteiger partial charge in [-0.15, -0.1) is 12.4 Å². The Kier molecular flexibility index (Phi) is 5.18. The highest BCUT2D eigenvalue weighted by Gasteiger charge is 2.24. The maximum absolute atomic E-state index is 13.2. The number of phenolic OH excluding ortho intramolecular Hbond substituents is 1. The lowest BCUT2D eigenvalue weighted by molar-refractivity contribution is 0.0580. The molecule has 17 heavy (non-hydrogen) atoms. The van der Waals surface area contributed by atoms with Gasteiger partial charge in [0.1, 0.15) is 0 Å². The van der Waals surface area contributed by atoms with Crippen LogP contribution in [0.15, 0.2) is 18.2 Å². The Bertz CT molecular complexity index is 370. The molecule has 1 aliphatic heterocycles. The average Bonchev–Trinajstić information content (AvgIpc) is 2.33. The molecule has 1 saturated heterocycles. The van der Waals surface area contributed by atoms with E-state index in [2.05, 4.69) is 0 Å². The summed E-state index contributed by atoms with van der Waals surface area (Å²) in [5.74, 6) is -0.678. The molecule has 0 unspecified atom stereocenters. The minimum Gasteiger partial charge on any atom is -0.505 e. The van der Waals surface area contributed by atoms with E-state index in [1.165, 1.54) is 6.07 Å². The van der Waals surface area contributed by atoms with Crippen molar-refractivity contribution in [3.63, 3.8) is 0 Å². The van der Waals surface area contributed by atoms with Gasteiger partial charge >= 0.3 is 0 Å². The number of hydrogen-bond donors (Lipinski definition) is 2. The van der Waals surface area contributed by atoms with E-state index in [1.807, 2.05) is 0 Å². The van der Waals surface area contributed by atoms with Gasteiger partial charge < -0.3 is 15.6 Å². The van der Waals surface area contributed by atoms with E-state index in [-0.39, 0.29) is 30.1 Å². The number of hydrogen-bond acceptors (Lipinski definition) is 3. The third-order valence-electron chi connectivity index (χ3n) is 3.15. The van der Waals surface area contributed by atoms with Crippen LogP contribution in [0.4, 0.5) is 4.39 Å². The van der Waals surface area contributed by atoms with Gasteiger partial charge in [0, 0.05) is 24.8 Å². The summed E-state index contributed by atoms with van der Waals surface area (Å²) in [6.45, 7) is 1.38. The molecule has 0 radical (unpaired) electrons. The van der Waals surface area contributed by atoms with Crippen molar-refractivity contribution in [1.82, 2.24) is 0 Å². The molecule has 1 fully saturated rings. The lowest BCUT2D eigenvalue weighted by Gasteiger charge is -2.28. The largest absolute Gasteiger partial charge is 0.505 e. The second kappa shape index (κ2) is 6.19. The normalized spacial score (nSPS) is 18.5. The zero-order chi connectivity index (χ0) is 11.5. The topological polar surface area (TPSA) is 55.5 Å². The fraction of sp³-hybridized carbons (Fsp3) is 0.500. The van der Waals surface area contributed by atoms with Gasteiger partial charge in [0.2, 0.25) is 0 Å². The van der Waals surface area contributed by atoms with Crippen LogP contribution in [0, 0.1) is 11.7 Å². The summed E-state index contributed by atoms with van der Waals surface area (Å²) in [5.41, 5.74) is 6.55. The Balaban J connectivity index is 0.00000144. The zero-order valence-electron chi connectivity index (χ0n) is 9.43. The standard InChI is InChI=1S/C12H16FNO2.ClH/c13-10-3-1-2-9(12(10)15)11(14)8-4-6-16-7-5-8;/h1-3,8,11,15H,4-7,14H2;1H/t11-;/m0./s1. The van der Waals surface area contributed by atoms with Crippen LogP contribution >= 0.6 is 12.4 Å². The number of aromatic hydroxyl groups is 1. The second-order valence-corrected chi connectivity index (χ2v) is 4.15. The number of ether oxygens (including phenoxy) is 1. The summed E-state index contributed by atoms with van der Waals surface area (Å²) in [5, 5.41) is 9.61. The smallest absolute Gasteiger partial charge is 0.165 e. The van der Waals surface area contributed by atoms with E-state index < -0.39 is 5.82 Å². The number of phenols is 1. The van der Waals surface area contributed by atoms with Crippen molar-refractivity contribution in [3.05, 3.63) is 29.6 Å². The van der Waals surface area contributed by atoms with Gasteiger partial charge in [-0.05, 0) is 24.8 Å². The first kappa shape index (κ1) is 14.2. The first-order valence-corrected chi connectivity index (χ1v) is 5.51. The van der Waals surface area contributed by atoms with Gasteiger partial charge in [-0.25, -0.2) is 4.39 Å². The Morgan fingerprint density at radius 2 is 2.00 bits per heavy atom. The highest BCUT2D eigenvalue weighted by molar-refractivity contribution is 5.85. The number of nitrogens with two attached hydrogens (primary N) is 1. The van der Waals surface area contributed by atoms with Gasteiger partial charge in [-0.1, -0.05) is 12.1 Å². The summed E-state index contributed by atoms with van der Waals surface area (Å²) in [4.78, 5) is 0. The van der Waals surface area contributed by atoms with E-state index in [4.69, 9.17) is 10.5 Å². The molecule has 3 N–H and O–H groups in total. The lowest BCUT2D eigenvalue weighted by atomic mass is 9.87. The average molecular weight is 262 g/mol. The van der Waals surface area contributed by atoms with Crippen LogP contribution in [-0.2, 0) is 4.74 Å². The van der Waals surface area contributed by atoms with E-state index in [9.17, 15) is 9.50 Å². The summed E-state index contributed by atoms with van der Waals surface area (Å²) < 4.78 is 18.4. The SMILES string of the molecule is Cl.N[C@H](c1cccc(F)c1O)C1CCOCC1. The van der Waals surface area contributed by atoms with E-state index in [1.54, 1.807) is 12.1 Å². The first-order chi connectivity index (χ1) is 7.70. The lowest BCUT2D eigenvalue weighted by Crippen LogP contribution is -2.27. The Labute approximate surface area is 106 Å². The Morgan fingerprint density at radius 1 is 1.35 bits per heavy atom. The van der Waals surface area contributed by atoms with Crippen LogP contribution in [0.3, 0.4) is 0 Å². The molecule has 3 nitrogen and oxygen atoms in total. The van der Waals surface area contributed by atoms with Crippen molar-refractivity contribution in [1.29, 1.82) is 0 Å². The van der Waals surface area contributed by atoms with Crippen LogP contribution in [0.2, 0.25) is 0 Å². The molecule has 0 aliphatic carbocycles. The van der Waals surface area contributed by atoms with Crippen molar-refractivity contribution in [3.8, 4) is 5.75 Å². The molecule has 1 heterocycles. The summed E-state index contributed by atoms with van der Waals surface area (Å²) in [7, 11) is 0. The molecule has 0 amide bonds. The van der Waals surface area contributed by atoms with Crippen LogP contribution < -0.4 is 5.73 Å². The maximum atomic E-state index is 13.2. The molecule has 0 saturated carbocycles. The molecule has 0 aromatic heterocycles. The van der Waals surface area contributed by atoms with Gasteiger partial charge in [0.25, 0.3) is 0 Å². The van der Waals surface area contributed by atoms with Crippen molar-refractivity contribution in [2.75, 3.05) is 13.2 Å². The summed E-state index contributed by atoms with van der Waals surface area (Å²) in [6, 6.07) is 4.16. The van der Waals surface area contributed by atoms with Crippen molar-refractivity contribution in [2.45, 2.75) is 18.9 Å². The Hall–Kier alpha value is -0.840. The molecule has 0 spiro atoms. The number of rotatable bonds is 2. The van der Waals surface area contributed by atoms with Gasteiger partial charge in [-0.2, -0.15) is 0 Å². The number of halogens is 2. The van der Waals surface area contributed by atoms with Crippen molar-refractivity contribution >= 4 is 12.4 Å². The van der Waals surface area contributed by atoms with Gasteiger partial charge in [0.05, 0.1) is 0 Å². The fourth-order valence-electron chi connectivity index (χ4n) is 2.13. The van der Waals surface area contributed by atoms with Crippen molar-refractivity contribution in [2.24, 2.45) is 11.7 Å². The van der Waals surface area contributed by atoms with E-state index in [0.29, 0.717) is 18.8 Å². The van der Waals surface area contributed by atoms with E-state index in [0.717, 1.165) is 12.8 Å². The van der Waals surface area contributed by atoms with Crippen LogP contribution in [0.25, 0.3) is 0 Å². The van der Waals surface area contributed by atoms with Gasteiger partial charge in [0.15, 0.2) is 11.6 Å². The highest BCUT2D eigenvalue weighted by Crippen LogP contribution is 2.33. The molecule has 1 aromatic rings. The minimum absolute atomic E-state index is 0. The monoisotopic (exact) mass is 261 g/mol. The zero-order valence-corrected chi connectivity index (χ0v) is 10.3. The molecule has 96 valence electrons. The summed E-state index contributed by atoms with van der Waals surface area (Å²) in [6.07, 6.45) is 1.72. The third kappa shape index (κ3) is 3.09. The predicted octanol–water partition coefficient (Wildman–Crippen LogP) is 2.38. The molecular formula is C12H17ClFNO2. The molecule has 1 aromatic carbocycles. The van der Waals surface area contributed by atoms with Gasteiger partial charge in [-0.3, -0.25) is 0 Å². The quantitative estimate of drug-likeness (QED) is 0.859. The minimum atomic E-state index is -0.611. The number of para-hydroxylation sites is 1. The number of benzene rings is 1. The van der Waals surface area contributed by atoms with Crippen LogP contribution in [0.5, 0.6) is 5.75 Å².